The summed E-state index contributed by atoms with van der Waals surface area (Å²) in [5.41, 5.74) is 0.975. The summed E-state index contributed by atoms with van der Waals surface area (Å²) in [5, 5.41) is 20.3. The number of nitro benzene ring substituents is 1. The first-order valence-electron chi connectivity index (χ1n) is 7.28. The Morgan fingerprint density at radius 1 is 1.13 bits per heavy atom. The molecule has 2 aromatic rings. The van der Waals surface area contributed by atoms with Crippen LogP contribution in [-0.4, -0.2) is 36.1 Å². The Balaban J connectivity index is 1.80. The van der Waals surface area contributed by atoms with Gasteiger partial charge < -0.3 is 9.80 Å². The summed E-state index contributed by atoms with van der Waals surface area (Å²) in [4.78, 5) is 19.3. The van der Waals surface area contributed by atoms with Gasteiger partial charge in [-0.1, -0.05) is 6.07 Å². The number of hydrogen-bond donors (Lipinski definition) is 0. The largest absolute Gasteiger partial charge is 0.362 e. The first-order valence-corrected chi connectivity index (χ1v) is 7.28. The molecule has 0 atom stereocenters. The van der Waals surface area contributed by atoms with Gasteiger partial charge in [0, 0.05) is 38.4 Å². The molecule has 116 valence electrons. The minimum atomic E-state index is -0.401. The fourth-order valence-corrected chi connectivity index (χ4v) is 2.72. The Kier molecular flexibility index (Phi) is 4.06. The second-order valence-electron chi connectivity index (χ2n) is 5.23. The first-order chi connectivity index (χ1) is 11.2. The van der Waals surface area contributed by atoms with Crippen molar-refractivity contribution in [2.24, 2.45) is 0 Å². The van der Waals surface area contributed by atoms with Crippen molar-refractivity contribution in [2.75, 3.05) is 36.0 Å². The minimum Gasteiger partial charge on any atom is -0.362 e. The van der Waals surface area contributed by atoms with Crippen molar-refractivity contribution >= 4 is 17.2 Å². The molecule has 0 aliphatic carbocycles. The third-order valence-electron chi connectivity index (χ3n) is 3.89. The summed E-state index contributed by atoms with van der Waals surface area (Å²) in [6, 6.07) is 12.3. The molecule has 1 aromatic carbocycles. The number of pyridine rings is 1. The number of rotatable bonds is 3. The van der Waals surface area contributed by atoms with E-state index in [2.05, 4.69) is 9.88 Å². The van der Waals surface area contributed by atoms with E-state index in [1.807, 2.05) is 29.2 Å². The highest BCUT2D eigenvalue weighted by Gasteiger charge is 2.24. The first kappa shape index (κ1) is 14.8. The lowest BCUT2D eigenvalue weighted by atomic mass is 10.1. The lowest BCUT2D eigenvalue weighted by molar-refractivity contribution is -0.384. The number of nitrogens with zero attached hydrogens (tertiary/aromatic N) is 5. The molecule has 2 heterocycles. The van der Waals surface area contributed by atoms with E-state index in [1.165, 1.54) is 12.1 Å². The van der Waals surface area contributed by atoms with Gasteiger partial charge in [0.15, 0.2) is 0 Å². The highest BCUT2D eigenvalue weighted by atomic mass is 16.6. The second-order valence-corrected chi connectivity index (χ2v) is 5.23. The number of hydrogen-bond acceptors (Lipinski definition) is 6. The van der Waals surface area contributed by atoms with E-state index in [0.29, 0.717) is 24.3 Å². The average Bonchev–Trinajstić information content (AvgIpc) is 2.62. The highest BCUT2D eigenvalue weighted by molar-refractivity contribution is 5.66. The van der Waals surface area contributed by atoms with Crippen molar-refractivity contribution in [1.29, 1.82) is 5.26 Å². The SMILES string of the molecule is N#Cc1ccc([N+](=O)[O-])c(N2CCN(c3ccccn3)CC2)c1. The van der Waals surface area contributed by atoms with Gasteiger partial charge >= 0.3 is 0 Å². The van der Waals surface area contributed by atoms with Crippen molar-refractivity contribution in [1.82, 2.24) is 4.98 Å². The predicted molar refractivity (Wildman–Crippen MR) is 86.5 cm³/mol. The van der Waals surface area contributed by atoms with Crippen molar-refractivity contribution in [2.45, 2.75) is 0 Å². The molecule has 3 rings (SSSR count). The zero-order valence-corrected chi connectivity index (χ0v) is 12.4. The summed E-state index contributed by atoms with van der Waals surface area (Å²) in [5.74, 6) is 0.910. The van der Waals surface area contributed by atoms with Gasteiger partial charge in [-0.3, -0.25) is 10.1 Å². The smallest absolute Gasteiger partial charge is 0.292 e. The Bertz CT molecular complexity index is 749. The van der Waals surface area contributed by atoms with Crippen LogP contribution < -0.4 is 9.80 Å². The minimum absolute atomic E-state index is 0.0373. The fraction of sp³-hybridized carbons (Fsp3) is 0.250. The van der Waals surface area contributed by atoms with Gasteiger partial charge in [-0.15, -0.1) is 0 Å². The molecule has 1 saturated heterocycles. The number of nitro groups is 1. The molecule has 23 heavy (non-hydrogen) atoms. The van der Waals surface area contributed by atoms with Gasteiger partial charge in [0.1, 0.15) is 11.5 Å². The van der Waals surface area contributed by atoms with Crippen molar-refractivity contribution < 1.29 is 4.92 Å². The topological polar surface area (TPSA) is 86.3 Å². The molecule has 0 N–H and O–H groups in total. The molecule has 1 aromatic heterocycles. The maximum atomic E-state index is 11.2. The molecule has 0 bridgehead atoms. The molecule has 0 radical (unpaired) electrons. The van der Waals surface area contributed by atoms with Crippen LogP contribution in [0.5, 0.6) is 0 Å². The van der Waals surface area contributed by atoms with E-state index >= 15 is 0 Å². The molecule has 1 aliphatic rings. The molecule has 0 spiro atoms. The quantitative estimate of drug-likeness (QED) is 0.638. The van der Waals surface area contributed by atoms with Crippen molar-refractivity contribution in [3.05, 3.63) is 58.3 Å². The molecule has 1 aliphatic heterocycles. The van der Waals surface area contributed by atoms with Gasteiger partial charge in [0.25, 0.3) is 5.69 Å². The normalized spacial score (nSPS) is 14.4. The Hall–Kier alpha value is -3.14. The zero-order valence-electron chi connectivity index (χ0n) is 12.4. The molecule has 7 heteroatoms. The standard InChI is InChI=1S/C16H15N5O2/c17-12-13-4-5-14(21(22)23)15(11-13)19-7-9-20(10-8-19)16-3-1-2-6-18-16/h1-6,11H,7-10H2. The monoisotopic (exact) mass is 309 g/mol. The van der Waals surface area contributed by atoms with Crippen molar-refractivity contribution in [3.63, 3.8) is 0 Å². The maximum Gasteiger partial charge on any atom is 0.292 e. The molecule has 0 unspecified atom stereocenters. The second kappa shape index (κ2) is 6.32. The van der Waals surface area contributed by atoms with E-state index < -0.39 is 4.92 Å². The predicted octanol–water partition coefficient (Wildman–Crippen LogP) is 2.19. The summed E-state index contributed by atoms with van der Waals surface area (Å²) in [7, 11) is 0. The summed E-state index contributed by atoms with van der Waals surface area (Å²) < 4.78 is 0. The van der Waals surface area contributed by atoms with Crippen LogP contribution in [0.3, 0.4) is 0 Å². The van der Waals surface area contributed by atoms with Crippen LogP contribution in [0.1, 0.15) is 5.56 Å². The van der Waals surface area contributed by atoms with Crippen LogP contribution >= 0.6 is 0 Å². The molecular formula is C16H15N5O2. The zero-order chi connectivity index (χ0) is 16.2. The Morgan fingerprint density at radius 2 is 1.87 bits per heavy atom. The molecule has 1 fully saturated rings. The van der Waals surface area contributed by atoms with Crippen LogP contribution in [-0.2, 0) is 0 Å². The van der Waals surface area contributed by atoms with Crippen LogP contribution in [0.15, 0.2) is 42.6 Å². The highest BCUT2D eigenvalue weighted by Crippen LogP contribution is 2.30. The van der Waals surface area contributed by atoms with E-state index in [9.17, 15) is 10.1 Å². The number of benzene rings is 1. The van der Waals surface area contributed by atoms with Gasteiger partial charge in [-0.25, -0.2) is 4.98 Å². The summed E-state index contributed by atoms with van der Waals surface area (Å²) in [6.45, 7) is 2.74. The van der Waals surface area contributed by atoms with Gasteiger partial charge in [0.2, 0.25) is 0 Å². The number of piperazine rings is 1. The van der Waals surface area contributed by atoms with Crippen molar-refractivity contribution in [3.8, 4) is 6.07 Å². The number of nitriles is 1. The lowest BCUT2D eigenvalue weighted by Crippen LogP contribution is -2.47. The number of aromatic nitrogens is 1. The molecule has 0 saturated carbocycles. The Morgan fingerprint density at radius 3 is 2.48 bits per heavy atom. The van der Waals surface area contributed by atoms with E-state index in [0.717, 1.165) is 18.9 Å². The Labute approximate surface area is 133 Å². The van der Waals surface area contributed by atoms with Crippen LogP contribution in [0.4, 0.5) is 17.2 Å². The van der Waals surface area contributed by atoms with E-state index in [4.69, 9.17) is 5.26 Å². The van der Waals surface area contributed by atoms with Gasteiger partial charge in [-0.05, 0) is 24.3 Å². The maximum absolute atomic E-state index is 11.2. The molecule has 7 nitrogen and oxygen atoms in total. The lowest BCUT2D eigenvalue weighted by Gasteiger charge is -2.36. The summed E-state index contributed by atoms with van der Waals surface area (Å²) in [6.07, 6.45) is 1.75. The molecular weight excluding hydrogens is 294 g/mol. The van der Waals surface area contributed by atoms with Gasteiger partial charge in [-0.2, -0.15) is 5.26 Å². The molecule has 0 amide bonds. The third-order valence-corrected chi connectivity index (χ3v) is 3.89. The van der Waals surface area contributed by atoms with Crippen LogP contribution in [0.25, 0.3) is 0 Å². The number of anilines is 2. The van der Waals surface area contributed by atoms with E-state index in [1.54, 1.807) is 12.3 Å². The van der Waals surface area contributed by atoms with Crippen LogP contribution in [0.2, 0.25) is 0 Å². The fourth-order valence-electron chi connectivity index (χ4n) is 2.72. The summed E-state index contributed by atoms with van der Waals surface area (Å²) >= 11 is 0. The average molecular weight is 309 g/mol. The van der Waals surface area contributed by atoms with E-state index in [-0.39, 0.29) is 5.69 Å². The van der Waals surface area contributed by atoms with Gasteiger partial charge in [0.05, 0.1) is 16.6 Å². The third kappa shape index (κ3) is 3.06. The van der Waals surface area contributed by atoms with Crippen LogP contribution in [0, 0.1) is 21.4 Å².